The topological polar surface area (TPSA) is 70.4 Å². The SMILES string of the molecule is COCCCN1C(=O)/C(=C/c2c(N3CCN(c4ccc(F)cc4)CC3)nc3c(C)cccn3c2=O)SC1=S. The van der Waals surface area contributed by atoms with Crippen LogP contribution in [0.2, 0.25) is 0 Å². The number of nitrogens with zero attached hydrogens (tertiary/aromatic N) is 5. The zero-order chi connectivity index (χ0) is 26.8. The molecule has 2 fully saturated rings. The highest BCUT2D eigenvalue weighted by Gasteiger charge is 2.33. The summed E-state index contributed by atoms with van der Waals surface area (Å²) in [5, 5.41) is 0. The fourth-order valence-corrected chi connectivity index (χ4v) is 5.98. The number of piperazine rings is 1. The van der Waals surface area contributed by atoms with Crippen molar-refractivity contribution in [1.82, 2.24) is 14.3 Å². The van der Waals surface area contributed by atoms with E-state index in [1.165, 1.54) is 28.3 Å². The maximum Gasteiger partial charge on any atom is 0.267 e. The van der Waals surface area contributed by atoms with Crippen molar-refractivity contribution in [3.63, 3.8) is 0 Å². The Bertz CT molecular complexity index is 1470. The number of methoxy groups -OCH3 is 1. The van der Waals surface area contributed by atoms with Gasteiger partial charge in [0, 0.05) is 58.3 Å². The van der Waals surface area contributed by atoms with E-state index >= 15 is 0 Å². The van der Waals surface area contributed by atoms with E-state index in [1.807, 2.05) is 19.1 Å². The van der Waals surface area contributed by atoms with Crippen LogP contribution >= 0.6 is 24.0 Å². The molecular weight excluding hydrogens is 525 g/mol. The molecule has 198 valence electrons. The number of thiocarbonyl (C=S) groups is 1. The van der Waals surface area contributed by atoms with E-state index in [0.29, 0.717) is 72.0 Å². The average Bonchev–Trinajstić information content (AvgIpc) is 3.18. The quantitative estimate of drug-likeness (QED) is 0.249. The Kier molecular flexibility index (Phi) is 7.78. The number of benzene rings is 1. The summed E-state index contributed by atoms with van der Waals surface area (Å²) in [6.07, 6.45) is 4.00. The number of hydrogen-bond acceptors (Lipinski definition) is 8. The maximum atomic E-state index is 13.8. The number of anilines is 2. The van der Waals surface area contributed by atoms with Gasteiger partial charge < -0.3 is 14.5 Å². The van der Waals surface area contributed by atoms with Gasteiger partial charge in [-0.15, -0.1) is 0 Å². The molecule has 5 rings (SSSR count). The molecule has 3 aromatic rings. The smallest absolute Gasteiger partial charge is 0.267 e. The monoisotopic (exact) mass is 553 g/mol. The first-order chi connectivity index (χ1) is 18.4. The summed E-state index contributed by atoms with van der Waals surface area (Å²) in [4.78, 5) is 38.1. The first-order valence-corrected chi connectivity index (χ1v) is 13.6. The van der Waals surface area contributed by atoms with Gasteiger partial charge in [-0.3, -0.25) is 18.9 Å². The number of aromatic nitrogens is 2. The second kappa shape index (κ2) is 11.2. The Morgan fingerprint density at radius 1 is 1.11 bits per heavy atom. The van der Waals surface area contributed by atoms with Crippen LogP contribution in [-0.4, -0.2) is 71.0 Å². The Labute approximate surface area is 229 Å². The molecule has 4 heterocycles. The largest absolute Gasteiger partial charge is 0.385 e. The molecule has 8 nitrogen and oxygen atoms in total. The van der Waals surface area contributed by atoms with Gasteiger partial charge in [-0.05, 0) is 55.3 Å². The van der Waals surface area contributed by atoms with Crippen LogP contribution in [0.1, 0.15) is 17.5 Å². The van der Waals surface area contributed by atoms with E-state index in [2.05, 4.69) is 9.80 Å². The zero-order valence-electron chi connectivity index (χ0n) is 21.2. The van der Waals surface area contributed by atoms with Gasteiger partial charge in [-0.25, -0.2) is 9.37 Å². The van der Waals surface area contributed by atoms with E-state index in [9.17, 15) is 14.0 Å². The summed E-state index contributed by atoms with van der Waals surface area (Å²) in [5.74, 6) is 0.0713. The van der Waals surface area contributed by atoms with E-state index in [0.717, 1.165) is 11.3 Å². The molecule has 1 aromatic carbocycles. The molecular formula is C27H28FN5O3S2. The highest BCUT2D eigenvalue weighted by atomic mass is 32.2. The van der Waals surface area contributed by atoms with Gasteiger partial charge in [-0.1, -0.05) is 30.0 Å². The number of pyridine rings is 1. The molecule has 11 heteroatoms. The van der Waals surface area contributed by atoms with Gasteiger partial charge >= 0.3 is 0 Å². The molecule has 0 aliphatic carbocycles. The number of carbonyl (C=O) groups excluding carboxylic acids is 1. The Morgan fingerprint density at radius 3 is 2.53 bits per heavy atom. The standard InChI is InChI=1S/C27H28FN5O3S2/c1-18-5-3-10-32-23(18)29-24(31-14-12-30(13-15-31)20-8-6-19(28)7-9-20)21(25(32)34)17-22-26(35)33(27(37)38-22)11-4-16-36-2/h3,5-10,17H,4,11-16H2,1-2H3/b22-17-. The fourth-order valence-electron chi connectivity index (χ4n) is 4.69. The summed E-state index contributed by atoms with van der Waals surface area (Å²) in [5.41, 5.74) is 2.54. The first-order valence-electron chi connectivity index (χ1n) is 12.4. The Morgan fingerprint density at radius 2 is 1.82 bits per heavy atom. The van der Waals surface area contributed by atoms with Crippen LogP contribution in [0.5, 0.6) is 0 Å². The molecule has 2 aromatic heterocycles. The molecule has 0 radical (unpaired) electrons. The highest BCUT2D eigenvalue weighted by Crippen LogP contribution is 2.34. The third kappa shape index (κ3) is 5.18. The van der Waals surface area contributed by atoms with Gasteiger partial charge in [0.25, 0.3) is 11.5 Å². The van der Waals surface area contributed by atoms with Crippen molar-refractivity contribution in [3.8, 4) is 0 Å². The normalized spacial score (nSPS) is 17.3. The van der Waals surface area contributed by atoms with E-state index in [1.54, 1.807) is 36.4 Å². The second-order valence-corrected chi connectivity index (χ2v) is 10.8. The molecule has 0 bridgehead atoms. The predicted molar refractivity (Wildman–Crippen MR) is 153 cm³/mol. The lowest BCUT2D eigenvalue weighted by molar-refractivity contribution is -0.122. The number of aryl methyl sites for hydroxylation is 1. The van der Waals surface area contributed by atoms with Crippen LogP contribution in [0.15, 0.2) is 52.3 Å². The van der Waals surface area contributed by atoms with Gasteiger partial charge in [0.2, 0.25) is 0 Å². The molecule has 2 saturated heterocycles. The third-order valence-electron chi connectivity index (χ3n) is 6.71. The number of thioether (sulfide) groups is 1. The number of rotatable bonds is 7. The first kappa shape index (κ1) is 26.3. The summed E-state index contributed by atoms with van der Waals surface area (Å²) in [7, 11) is 1.62. The molecule has 0 spiro atoms. The minimum atomic E-state index is -0.266. The van der Waals surface area contributed by atoms with Crippen LogP contribution < -0.4 is 15.4 Å². The second-order valence-electron chi connectivity index (χ2n) is 9.17. The Balaban J connectivity index is 1.49. The van der Waals surface area contributed by atoms with Crippen molar-refractivity contribution >= 4 is 57.4 Å². The molecule has 0 saturated carbocycles. The van der Waals surface area contributed by atoms with Crippen LogP contribution in [0.25, 0.3) is 11.7 Å². The van der Waals surface area contributed by atoms with Crippen molar-refractivity contribution in [2.24, 2.45) is 0 Å². The van der Waals surface area contributed by atoms with Crippen molar-refractivity contribution in [1.29, 1.82) is 0 Å². The van der Waals surface area contributed by atoms with Crippen LogP contribution in [-0.2, 0) is 9.53 Å². The maximum absolute atomic E-state index is 13.8. The number of amides is 1. The Hall–Kier alpha value is -3.28. The molecule has 0 N–H and O–H groups in total. The van der Waals surface area contributed by atoms with Gasteiger partial charge in [0.05, 0.1) is 10.5 Å². The summed E-state index contributed by atoms with van der Waals surface area (Å²) in [6, 6.07) is 10.2. The molecule has 0 atom stereocenters. The molecule has 38 heavy (non-hydrogen) atoms. The number of ether oxygens (including phenoxy) is 1. The van der Waals surface area contributed by atoms with E-state index < -0.39 is 0 Å². The highest BCUT2D eigenvalue weighted by molar-refractivity contribution is 8.26. The van der Waals surface area contributed by atoms with Crippen molar-refractivity contribution in [2.75, 3.05) is 56.2 Å². The lowest BCUT2D eigenvalue weighted by Crippen LogP contribution is -2.47. The average molecular weight is 554 g/mol. The van der Waals surface area contributed by atoms with Crippen LogP contribution in [0, 0.1) is 12.7 Å². The molecule has 1 amide bonds. The lowest BCUT2D eigenvalue weighted by Gasteiger charge is -2.37. The lowest BCUT2D eigenvalue weighted by atomic mass is 10.2. The van der Waals surface area contributed by atoms with Gasteiger partial charge in [-0.2, -0.15) is 0 Å². The molecule has 0 unspecified atom stereocenters. The van der Waals surface area contributed by atoms with Crippen molar-refractivity contribution in [2.45, 2.75) is 13.3 Å². The van der Waals surface area contributed by atoms with E-state index in [-0.39, 0.29) is 17.3 Å². The fraction of sp³-hybridized carbons (Fsp3) is 0.333. The summed E-state index contributed by atoms with van der Waals surface area (Å²) < 4.78 is 20.5. The summed E-state index contributed by atoms with van der Waals surface area (Å²) >= 11 is 6.66. The van der Waals surface area contributed by atoms with Gasteiger partial charge in [0.1, 0.15) is 21.6 Å². The predicted octanol–water partition coefficient (Wildman–Crippen LogP) is 3.71. The summed E-state index contributed by atoms with van der Waals surface area (Å²) in [6.45, 7) is 5.50. The minimum absolute atomic E-state index is 0.211. The van der Waals surface area contributed by atoms with Crippen LogP contribution in [0.4, 0.5) is 15.9 Å². The molecule has 2 aliphatic heterocycles. The zero-order valence-corrected chi connectivity index (χ0v) is 22.9. The third-order valence-corrected chi connectivity index (χ3v) is 8.09. The van der Waals surface area contributed by atoms with Crippen molar-refractivity contribution < 1.29 is 13.9 Å². The van der Waals surface area contributed by atoms with E-state index in [4.69, 9.17) is 21.9 Å². The van der Waals surface area contributed by atoms with Gasteiger partial charge in [0.15, 0.2) is 0 Å². The number of carbonyl (C=O) groups is 1. The van der Waals surface area contributed by atoms with Crippen LogP contribution in [0.3, 0.4) is 0 Å². The number of fused-ring (bicyclic) bond motifs is 1. The minimum Gasteiger partial charge on any atom is -0.385 e. The number of halogens is 1. The number of hydrogen-bond donors (Lipinski definition) is 0. The molecule has 2 aliphatic rings. The van der Waals surface area contributed by atoms with Crippen molar-refractivity contribution in [3.05, 3.63) is 74.8 Å².